The second-order valence-electron chi connectivity index (χ2n) is 8.23. The molecule has 33 heteroatoms. The predicted molar refractivity (Wildman–Crippen MR) is 123 cm³/mol. The molecule has 2 saturated heterocycles. The quantitative estimate of drug-likeness (QED) is 0.0372. The number of hydrogen-bond acceptors (Lipinski definition) is 25. The van der Waals surface area contributed by atoms with Crippen molar-refractivity contribution in [2.24, 2.45) is 0 Å². The molecule has 0 amide bonds. The van der Waals surface area contributed by atoms with Gasteiger partial charge in [0, 0.05) is 7.11 Å². The summed E-state index contributed by atoms with van der Waals surface area (Å²) in [7, 11) is -21.0. The molecule has 46 heavy (non-hydrogen) atoms. The number of hydrogen-bond donors (Lipinski definition) is 7. The fourth-order valence-corrected chi connectivity index (χ4v) is 5.49. The van der Waals surface area contributed by atoms with Gasteiger partial charge in [0.1, 0.15) is 18.3 Å². The van der Waals surface area contributed by atoms with Crippen molar-refractivity contribution in [2.45, 2.75) is 61.4 Å². The van der Waals surface area contributed by atoms with E-state index < -0.39 is 116 Å². The Balaban J connectivity index is 2.71. The highest BCUT2D eigenvalue weighted by Crippen LogP contribution is 2.36. The van der Waals surface area contributed by atoms with Gasteiger partial charge in [0.25, 0.3) is 0 Å². The van der Waals surface area contributed by atoms with Crippen molar-refractivity contribution in [3.05, 3.63) is 0 Å². The van der Waals surface area contributed by atoms with Crippen molar-refractivity contribution in [3.8, 4) is 0 Å². The standard InChI is InChI=1S/C13H24O29S4/c1-29-12-10(38-45(23,24)25)8(36-41-15)6(4(32-12)2-30-43(17,18)19)34-13-11(39-46(26,27)28)9(37-42-16)7(35-40-14)5(33-13)3-31-44(20,21)22/h4-16H,2-3H2,1H3,(H,17,18,19)(H,20,21,22)(H,23,24,25)(H,26,27,28)/t4-,5?,6+,7+,8?,9-,10?,11?,12+,13-/m0/s1. The van der Waals surface area contributed by atoms with Gasteiger partial charge in [-0.1, -0.05) is 15.1 Å². The summed E-state index contributed by atoms with van der Waals surface area (Å²) >= 11 is 0. The van der Waals surface area contributed by atoms with E-state index in [1.54, 1.807) is 0 Å². The number of ether oxygens (including phenoxy) is 4. The summed E-state index contributed by atoms with van der Waals surface area (Å²) in [6, 6.07) is 0. The van der Waals surface area contributed by atoms with Gasteiger partial charge in [0.05, 0.1) is 13.2 Å². The minimum atomic E-state index is -5.68. The minimum absolute atomic E-state index is 0.823. The molecule has 0 bridgehead atoms. The van der Waals surface area contributed by atoms with Gasteiger partial charge in [-0.2, -0.15) is 48.3 Å². The highest BCUT2D eigenvalue weighted by molar-refractivity contribution is 7.81. The molecule has 0 radical (unpaired) electrons. The zero-order valence-electron chi connectivity index (χ0n) is 21.9. The summed E-state index contributed by atoms with van der Waals surface area (Å²) < 4.78 is 166. The van der Waals surface area contributed by atoms with Gasteiger partial charge in [0.2, 0.25) is 0 Å². The van der Waals surface area contributed by atoms with Gasteiger partial charge < -0.3 is 18.9 Å². The van der Waals surface area contributed by atoms with Crippen molar-refractivity contribution < 1.29 is 133 Å². The number of rotatable bonds is 19. The van der Waals surface area contributed by atoms with E-state index in [1.807, 2.05) is 0 Å². The van der Waals surface area contributed by atoms with Crippen LogP contribution in [0.5, 0.6) is 0 Å². The highest BCUT2D eigenvalue weighted by atomic mass is 32.3. The lowest BCUT2D eigenvalue weighted by Crippen LogP contribution is -2.66. The Kier molecular flexibility index (Phi) is 15.3. The Bertz CT molecular complexity index is 1380. The third kappa shape index (κ3) is 13.1. The van der Waals surface area contributed by atoms with Crippen LogP contribution in [0.15, 0.2) is 0 Å². The molecule has 0 aliphatic carbocycles. The summed E-state index contributed by atoms with van der Waals surface area (Å²) in [5.74, 6) is 0. The molecule has 0 spiro atoms. The molecule has 274 valence electrons. The molecule has 2 rings (SSSR count). The lowest BCUT2D eigenvalue weighted by atomic mass is 9.97. The molecule has 2 aliphatic heterocycles. The molecule has 7 N–H and O–H groups in total. The molecule has 2 aliphatic rings. The van der Waals surface area contributed by atoms with Crippen molar-refractivity contribution in [2.75, 3.05) is 20.3 Å². The average molecular weight is 773 g/mol. The maximum absolute atomic E-state index is 11.7. The van der Waals surface area contributed by atoms with E-state index in [4.69, 9.17) is 43.8 Å². The Hall–Kier alpha value is -1.04. The van der Waals surface area contributed by atoms with Crippen LogP contribution in [0.3, 0.4) is 0 Å². The van der Waals surface area contributed by atoms with E-state index in [2.05, 4.69) is 46.5 Å². The van der Waals surface area contributed by atoms with E-state index in [9.17, 15) is 42.8 Å². The van der Waals surface area contributed by atoms with Crippen LogP contribution < -0.4 is 0 Å². The zero-order chi connectivity index (χ0) is 35.1. The molecule has 0 aromatic heterocycles. The Morgan fingerprint density at radius 2 is 0.891 bits per heavy atom. The van der Waals surface area contributed by atoms with Crippen LogP contribution in [0.4, 0.5) is 0 Å². The Morgan fingerprint density at radius 3 is 1.28 bits per heavy atom. The van der Waals surface area contributed by atoms with Crippen LogP contribution in [0.2, 0.25) is 0 Å². The van der Waals surface area contributed by atoms with Crippen molar-refractivity contribution in [1.82, 2.24) is 0 Å². The van der Waals surface area contributed by atoms with Gasteiger partial charge in [-0.3, -0.25) is 18.2 Å². The molecule has 10 atom stereocenters. The molecular weight excluding hydrogens is 748 g/mol. The topological polar surface area (TPSA) is 407 Å². The van der Waals surface area contributed by atoms with Crippen LogP contribution in [-0.4, -0.2) is 149 Å². The second-order valence-corrected chi connectivity index (χ2v) is 12.5. The summed E-state index contributed by atoms with van der Waals surface area (Å²) in [5.41, 5.74) is 0. The van der Waals surface area contributed by atoms with Crippen LogP contribution in [-0.2, 0) is 107 Å². The monoisotopic (exact) mass is 772 g/mol. The summed E-state index contributed by atoms with van der Waals surface area (Å²) in [4.78, 5) is 13.3. The largest absolute Gasteiger partial charge is 0.397 e. The molecule has 0 aromatic rings. The first-order chi connectivity index (χ1) is 21.1. The zero-order valence-corrected chi connectivity index (χ0v) is 25.2. The van der Waals surface area contributed by atoms with Gasteiger partial charge in [-0.05, 0) is 0 Å². The first kappa shape index (κ1) is 41.1. The Morgan fingerprint density at radius 1 is 0.522 bits per heavy atom. The third-order valence-corrected chi connectivity index (χ3v) is 7.20. The number of methoxy groups -OCH3 is 1. The maximum Gasteiger partial charge on any atom is 0.397 e. The van der Waals surface area contributed by atoms with Crippen LogP contribution >= 0.6 is 0 Å². The molecule has 29 nitrogen and oxygen atoms in total. The minimum Gasteiger partial charge on any atom is -0.353 e. The molecule has 4 unspecified atom stereocenters. The fraction of sp³-hybridized carbons (Fsp3) is 1.00. The Labute approximate surface area is 256 Å². The second kappa shape index (κ2) is 17.1. The van der Waals surface area contributed by atoms with Crippen molar-refractivity contribution >= 4 is 41.6 Å². The summed E-state index contributed by atoms with van der Waals surface area (Å²) in [6.07, 6.45) is -23.3. The molecule has 0 aromatic carbocycles. The van der Waals surface area contributed by atoms with Gasteiger partial charge in [-0.15, -0.1) is 0 Å². The first-order valence-corrected chi connectivity index (χ1v) is 16.5. The van der Waals surface area contributed by atoms with E-state index in [-0.39, 0.29) is 0 Å². The van der Waals surface area contributed by atoms with Gasteiger partial charge >= 0.3 is 41.6 Å². The van der Waals surface area contributed by atoms with E-state index in [0.717, 1.165) is 7.11 Å². The van der Waals surface area contributed by atoms with E-state index in [0.29, 0.717) is 0 Å². The molecule has 2 fully saturated rings. The lowest BCUT2D eigenvalue weighted by molar-refractivity contribution is -0.566. The predicted octanol–water partition coefficient (Wildman–Crippen LogP) is -4.15. The molecule has 2 heterocycles. The van der Waals surface area contributed by atoms with Gasteiger partial charge in [-0.25, -0.2) is 32.5 Å². The van der Waals surface area contributed by atoms with Crippen molar-refractivity contribution in [1.29, 1.82) is 0 Å². The average Bonchev–Trinajstić information content (AvgIpc) is 2.89. The molecule has 0 saturated carbocycles. The molecular formula is C13H24O29S4. The highest BCUT2D eigenvalue weighted by Gasteiger charge is 2.57. The SMILES string of the molecule is CO[C@@H]1O[C@@H](COS(=O)(=O)O)[C@@H](O[C@@H]2OC(COS(=O)(=O)O)[C@@H](OOO)[C@H](OOO)C2OS(=O)(=O)O)C(OOO)C1OS(=O)(=O)O. The fourth-order valence-electron chi connectivity index (χ4n) is 3.92. The lowest BCUT2D eigenvalue weighted by Gasteiger charge is -2.47. The van der Waals surface area contributed by atoms with Crippen LogP contribution in [0.25, 0.3) is 0 Å². The first-order valence-electron chi connectivity index (χ1n) is 11.1. The van der Waals surface area contributed by atoms with E-state index >= 15 is 0 Å². The normalized spacial score (nSPS) is 33.2. The summed E-state index contributed by atoms with van der Waals surface area (Å²) in [5, 5.41) is 37.1. The van der Waals surface area contributed by atoms with Crippen molar-refractivity contribution in [3.63, 3.8) is 0 Å². The van der Waals surface area contributed by atoms with Crippen LogP contribution in [0.1, 0.15) is 0 Å². The van der Waals surface area contributed by atoms with Gasteiger partial charge in [0.15, 0.2) is 43.1 Å². The third-order valence-electron chi connectivity index (χ3n) is 5.40. The smallest absolute Gasteiger partial charge is 0.353 e. The van der Waals surface area contributed by atoms with E-state index in [1.165, 1.54) is 0 Å². The summed E-state index contributed by atoms with van der Waals surface area (Å²) in [6.45, 7) is -2.75. The maximum atomic E-state index is 11.7. The van der Waals surface area contributed by atoms with Crippen LogP contribution in [0, 0.1) is 0 Å².